The van der Waals surface area contributed by atoms with E-state index >= 15 is 0 Å². The Balaban J connectivity index is 1.75. The standard InChI is InChI=1S/C15H19NOS/c1-12-6-3-4-8-15(12)17-13(2)10-16-11-14-7-5-9-18-14/h3-9,13,16H,10-11H2,1-2H3. The van der Waals surface area contributed by atoms with Gasteiger partial charge in [0, 0.05) is 18.0 Å². The van der Waals surface area contributed by atoms with Crippen LogP contribution >= 0.6 is 11.3 Å². The van der Waals surface area contributed by atoms with Gasteiger partial charge in [0.2, 0.25) is 0 Å². The maximum absolute atomic E-state index is 5.91. The van der Waals surface area contributed by atoms with Gasteiger partial charge in [0.15, 0.2) is 0 Å². The third-order valence-electron chi connectivity index (χ3n) is 2.73. The first-order valence-electron chi connectivity index (χ1n) is 6.21. The van der Waals surface area contributed by atoms with E-state index in [1.165, 1.54) is 10.4 Å². The Morgan fingerprint density at radius 3 is 2.78 bits per heavy atom. The molecule has 0 bridgehead atoms. The van der Waals surface area contributed by atoms with Crippen LogP contribution in [0.15, 0.2) is 41.8 Å². The van der Waals surface area contributed by atoms with Gasteiger partial charge < -0.3 is 10.1 Å². The quantitative estimate of drug-likeness (QED) is 0.857. The van der Waals surface area contributed by atoms with Crippen LogP contribution in [0.2, 0.25) is 0 Å². The molecule has 0 aliphatic carbocycles. The fraction of sp³-hybridized carbons (Fsp3) is 0.333. The zero-order valence-corrected chi connectivity index (χ0v) is 11.7. The van der Waals surface area contributed by atoms with Crippen molar-refractivity contribution in [1.29, 1.82) is 0 Å². The van der Waals surface area contributed by atoms with E-state index < -0.39 is 0 Å². The largest absolute Gasteiger partial charge is 0.489 e. The van der Waals surface area contributed by atoms with Gasteiger partial charge in [-0.05, 0) is 36.9 Å². The average molecular weight is 261 g/mol. The van der Waals surface area contributed by atoms with Crippen molar-refractivity contribution in [3.8, 4) is 5.75 Å². The lowest BCUT2D eigenvalue weighted by Crippen LogP contribution is -2.28. The minimum Gasteiger partial charge on any atom is -0.489 e. The summed E-state index contributed by atoms with van der Waals surface area (Å²) in [7, 11) is 0. The summed E-state index contributed by atoms with van der Waals surface area (Å²) in [5, 5.41) is 5.51. The number of rotatable bonds is 6. The number of aryl methyl sites for hydroxylation is 1. The van der Waals surface area contributed by atoms with Crippen molar-refractivity contribution in [3.63, 3.8) is 0 Å². The molecule has 1 aromatic heterocycles. The fourth-order valence-electron chi connectivity index (χ4n) is 1.76. The predicted octanol–water partition coefficient (Wildman–Crippen LogP) is 3.61. The van der Waals surface area contributed by atoms with Crippen LogP contribution in [0.5, 0.6) is 5.75 Å². The van der Waals surface area contributed by atoms with Gasteiger partial charge in [0.25, 0.3) is 0 Å². The number of thiophene rings is 1. The molecule has 2 aromatic rings. The summed E-state index contributed by atoms with van der Waals surface area (Å²) in [6.45, 7) is 5.93. The molecule has 0 fully saturated rings. The lowest BCUT2D eigenvalue weighted by molar-refractivity contribution is 0.215. The molecule has 0 saturated heterocycles. The highest BCUT2D eigenvalue weighted by molar-refractivity contribution is 7.09. The number of nitrogens with one attached hydrogen (secondary N) is 1. The van der Waals surface area contributed by atoms with Crippen LogP contribution < -0.4 is 10.1 Å². The molecule has 2 rings (SSSR count). The zero-order chi connectivity index (χ0) is 12.8. The molecular formula is C15H19NOS. The second-order valence-electron chi connectivity index (χ2n) is 4.40. The molecule has 18 heavy (non-hydrogen) atoms. The second-order valence-corrected chi connectivity index (χ2v) is 5.44. The minimum absolute atomic E-state index is 0.172. The van der Waals surface area contributed by atoms with E-state index in [4.69, 9.17) is 4.74 Å². The number of hydrogen-bond donors (Lipinski definition) is 1. The van der Waals surface area contributed by atoms with Crippen molar-refractivity contribution < 1.29 is 4.74 Å². The van der Waals surface area contributed by atoms with Gasteiger partial charge in [-0.15, -0.1) is 11.3 Å². The number of ether oxygens (including phenoxy) is 1. The van der Waals surface area contributed by atoms with Gasteiger partial charge in [0.1, 0.15) is 11.9 Å². The van der Waals surface area contributed by atoms with Crippen molar-refractivity contribution in [2.24, 2.45) is 0 Å². The van der Waals surface area contributed by atoms with E-state index in [2.05, 4.69) is 42.7 Å². The molecule has 0 spiro atoms. The maximum Gasteiger partial charge on any atom is 0.122 e. The summed E-state index contributed by atoms with van der Waals surface area (Å²) in [6, 6.07) is 12.3. The molecule has 0 saturated carbocycles. The highest BCUT2D eigenvalue weighted by Gasteiger charge is 2.05. The summed E-state index contributed by atoms with van der Waals surface area (Å²) in [4.78, 5) is 1.36. The van der Waals surface area contributed by atoms with E-state index in [9.17, 15) is 0 Å². The Kier molecular flexibility index (Phi) is 4.79. The highest BCUT2D eigenvalue weighted by atomic mass is 32.1. The van der Waals surface area contributed by atoms with Gasteiger partial charge in [-0.25, -0.2) is 0 Å². The van der Waals surface area contributed by atoms with Crippen molar-refractivity contribution in [3.05, 3.63) is 52.2 Å². The highest BCUT2D eigenvalue weighted by Crippen LogP contribution is 2.17. The Morgan fingerprint density at radius 1 is 1.22 bits per heavy atom. The monoisotopic (exact) mass is 261 g/mol. The Morgan fingerprint density at radius 2 is 2.06 bits per heavy atom. The molecule has 1 N–H and O–H groups in total. The second kappa shape index (κ2) is 6.57. The van der Waals surface area contributed by atoms with Crippen LogP contribution in [-0.2, 0) is 6.54 Å². The molecule has 2 nitrogen and oxygen atoms in total. The molecule has 1 heterocycles. The van der Waals surface area contributed by atoms with Crippen molar-refractivity contribution in [2.75, 3.05) is 6.54 Å². The topological polar surface area (TPSA) is 21.3 Å². The molecule has 0 amide bonds. The van der Waals surface area contributed by atoms with E-state index in [0.29, 0.717) is 0 Å². The average Bonchev–Trinajstić information content (AvgIpc) is 2.85. The summed E-state index contributed by atoms with van der Waals surface area (Å²) >= 11 is 1.78. The lowest BCUT2D eigenvalue weighted by atomic mass is 10.2. The van der Waals surface area contributed by atoms with Crippen molar-refractivity contribution in [1.82, 2.24) is 5.32 Å². The van der Waals surface area contributed by atoms with Crippen LogP contribution in [0.25, 0.3) is 0 Å². The van der Waals surface area contributed by atoms with Gasteiger partial charge >= 0.3 is 0 Å². The van der Waals surface area contributed by atoms with Crippen LogP contribution in [0, 0.1) is 6.92 Å². The van der Waals surface area contributed by atoms with Crippen LogP contribution in [0.4, 0.5) is 0 Å². The number of para-hydroxylation sites is 1. The van der Waals surface area contributed by atoms with Gasteiger partial charge in [-0.2, -0.15) is 0 Å². The van der Waals surface area contributed by atoms with E-state index in [0.717, 1.165) is 18.8 Å². The predicted molar refractivity (Wildman–Crippen MR) is 77.3 cm³/mol. The molecule has 0 aliphatic heterocycles. The van der Waals surface area contributed by atoms with Gasteiger partial charge in [-0.3, -0.25) is 0 Å². The smallest absolute Gasteiger partial charge is 0.122 e. The van der Waals surface area contributed by atoms with Gasteiger partial charge in [0.05, 0.1) is 0 Å². The zero-order valence-electron chi connectivity index (χ0n) is 10.8. The first kappa shape index (κ1) is 13.1. The summed E-state index contributed by atoms with van der Waals surface area (Å²) < 4.78 is 5.91. The van der Waals surface area contributed by atoms with Crippen LogP contribution in [0.1, 0.15) is 17.4 Å². The maximum atomic E-state index is 5.91. The summed E-state index contributed by atoms with van der Waals surface area (Å²) in [5.41, 5.74) is 1.18. The van der Waals surface area contributed by atoms with Crippen molar-refractivity contribution in [2.45, 2.75) is 26.5 Å². The molecule has 0 aliphatic rings. The summed E-state index contributed by atoms with van der Waals surface area (Å²) in [6.07, 6.45) is 0.172. The van der Waals surface area contributed by atoms with Crippen molar-refractivity contribution >= 4 is 11.3 Å². The molecule has 1 atom stereocenters. The molecule has 1 unspecified atom stereocenters. The van der Waals surface area contributed by atoms with E-state index in [1.807, 2.05) is 18.2 Å². The number of hydrogen-bond acceptors (Lipinski definition) is 3. The van der Waals surface area contributed by atoms with Crippen LogP contribution in [0.3, 0.4) is 0 Å². The van der Waals surface area contributed by atoms with Gasteiger partial charge in [-0.1, -0.05) is 24.3 Å². The molecule has 0 radical (unpaired) electrons. The third kappa shape index (κ3) is 3.86. The SMILES string of the molecule is Cc1ccccc1OC(C)CNCc1cccs1. The molecule has 96 valence electrons. The van der Waals surface area contributed by atoms with E-state index in [-0.39, 0.29) is 6.10 Å². The Labute approximate surface area is 113 Å². The first-order chi connectivity index (χ1) is 8.75. The fourth-order valence-corrected chi connectivity index (χ4v) is 2.43. The number of benzene rings is 1. The normalized spacial score (nSPS) is 12.3. The first-order valence-corrected chi connectivity index (χ1v) is 7.09. The minimum atomic E-state index is 0.172. The molecule has 1 aromatic carbocycles. The van der Waals surface area contributed by atoms with Crippen LogP contribution in [-0.4, -0.2) is 12.6 Å². The Hall–Kier alpha value is -1.32. The summed E-state index contributed by atoms with van der Waals surface area (Å²) in [5.74, 6) is 0.975. The molecular weight excluding hydrogens is 242 g/mol. The van der Waals surface area contributed by atoms with E-state index in [1.54, 1.807) is 11.3 Å². The lowest BCUT2D eigenvalue weighted by Gasteiger charge is -2.16. The third-order valence-corrected chi connectivity index (χ3v) is 3.61. The Bertz CT molecular complexity index is 467. The molecule has 3 heteroatoms.